The summed E-state index contributed by atoms with van der Waals surface area (Å²) in [5, 5.41) is 9.14. The largest absolute Gasteiger partial charge is 0.378 e. The molecule has 1 saturated heterocycles. The molecule has 1 aliphatic heterocycles. The van der Waals surface area contributed by atoms with Crippen molar-refractivity contribution < 1.29 is 28.6 Å². The lowest BCUT2D eigenvalue weighted by Crippen LogP contribution is -2.27. The molecule has 0 radical (unpaired) electrons. The summed E-state index contributed by atoms with van der Waals surface area (Å²) < 4.78 is 25.6. The van der Waals surface area contributed by atoms with Crippen LogP contribution in [0.3, 0.4) is 0 Å². The molecule has 0 saturated carbocycles. The quantitative estimate of drug-likeness (QED) is 0.653. The molecule has 0 spiro atoms. The Hall–Kier alpha value is 0.0300. The Morgan fingerprint density at radius 3 is 2.79 bits per heavy atom. The lowest BCUT2D eigenvalue weighted by molar-refractivity contribution is -0.107. The predicted octanol–water partition coefficient (Wildman–Crippen LogP) is -0.0595. The number of methoxy groups -OCH3 is 1. The number of aliphatic hydroxyl groups is 1. The highest BCUT2D eigenvalue weighted by atomic mass is 31.2. The third-order valence-corrected chi connectivity index (χ3v) is 2.59. The zero-order valence-corrected chi connectivity index (χ0v) is 9.02. The fourth-order valence-electron chi connectivity index (χ4n) is 1.30. The second kappa shape index (κ2) is 4.70. The average molecular weight is 226 g/mol. The van der Waals surface area contributed by atoms with Gasteiger partial charge in [-0.25, -0.2) is 0 Å². The summed E-state index contributed by atoms with van der Waals surface area (Å²) >= 11 is 0. The second-order valence-corrected chi connectivity index (χ2v) is 5.10. The van der Waals surface area contributed by atoms with E-state index in [-0.39, 0.29) is 12.7 Å². The van der Waals surface area contributed by atoms with E-state index < -0.39 is 20.0 Å². The first-order valence-corrected chi connectivity index (χ1v) is 6.26. The predicted molar refractivity (Wildman–Crippen MR) is 48.0 cm³/mol. The van der Waals surface area contributed by atoms with Gasteiger partial charge in [-0.1, -0.05) is 0 Å². The molecule has 7 heteroatoms. The maximum Gasteiger partial charge on any atom is 0.325 e. The van der Waals surface area contributed by atoms with Crippen LogP contribution in [0.4, 0.5) is 0 Å². The van der Waals surface area contributed by atoms with Gasteiger partial charge in [0.2, 0.25) is 0 Å². The number of hydrogen-bond acceptors (Lipinski definition) is 5. The van der Waals surface area contributed by atoms with E-state index in [9.17, 15) is 4.57 Å². The molecule has 1 rings (SSSR count). The van der Waals surface area contributed by atoms with Crippen molar-refractivity contribution in [3.8, 4) is 0 Å². The van der Waals surface area contributed by atoms with Gasteiger partial charge in [0.1, 0.15) is 6.10 Å². The molecule has 0 aromatic heterocycles. The zero-order chi connectivity index (χ0) is 10.8. The van der Waals surface area contributed by atoms with Gasteiger partial charge in [-0.05, 0) is 0 Å². The van der Waals surface area contributed by atoms with E-state index in [0.29, 0.717) is 6.42 Å². The standard InChI is InChI=1S/C7H15O6P/c1-11-5-3-7(8)13-6(5)4-12-14(2,9)10/h5-8H,3-4H2,1-2H3,(H,9,10)/t5-,6-,7+/m1/s1. The molecule has 1 unspecified atom stereocenters. The molecular weight excluding hydrogens is 211 g/mol. The molecule has 1 aliphatic rings. The van der Waals surface area contributed by atoms with E-state index in [1.165, 1.54) is 7.11 Å². The molecule has 0 aromatic rings. The molecule has 84 valence electrons. The normalized spacial score (nSPS) is 37.0. The van der Waals surface area contributed by atoms with Crippen LogP contribution in [-0.2, 0) is 18.6 Å². The van der Waals surface area contributed by atoms with Gasteiger partial charge < -0.3 is 24.0 Å². The number of rotatable bonds is 4. The number of hydrogen-bond donors (Lipinski definition) is 2. The van der Waals surface area contributed by atoms with Crippen LogP contribution < -0.4 is 0 Å². The SMILES string of the molecule is CO[C@@H]1C[C@@H](O)O[C@@H]1COP(C)(=O)O. The van der Waals surface area contributed by atoms with Gasteiger partial charge in [0, 0.05) is 20.2 Å². The Morgan fingerprint density at radius 2 is 2.29 bits per heavy atom. The molecule has 0 bridgehead atoms. The zero-order valence-electron chi connectivity index (χ0n) is 8.12. The molecule has 0 amide bonds. The van der Waals surface area contributed by atoms with Crippen LogP contribution in [0.1, 0.15) is 6.42 Å². The van der Waals surface area contributed by atoms with E-state index >= 15 is 0 Å². The van der Waals surface area contributed by atoms with Crippen molar-refractivity contribution >= 4 is 7.60 Å². The van der Waals surface area contributed by atoms with Crippen molar-refractivity contribution in [2.75, 3.05) is 20.4 Å². The lowest BCUT2D eigenvalue weighted by atomic mass is 10.2. The Balaban J connectivity index is 2.40. The molecule has 4 atom stereocenters. The fraction of sp³-hybridized carbons (Fsp3) is 1.00. The van der Waals surface area contributed by atoms with Crippen LogP contribution >= 0.6 is 7.60 Å². The molecule has 1 fully saturated rings. The monoisotopic (exact) mass is 226 g/mol. The smallest absolute Gasteiger partial charge is 0.325 e. The van der Waals surface area contributed by atoms with E-state index in [1.54, 1.807) is 0 Å². The van der Waals surface area contributed by atoms with Gasteiger partial charge >= 0.3 is 7.60 Å². The minimum atomic E-state index is -3.49. The van der Waals surface area contributed by atoms with E-state index in [4.69, 9.17) is 19.5 Å². The fourth-order valence-corrected chi connectivity index (χ4v) is 1.73. The molecule has 0 aromatic carbocycles. The van der Waals surface area contributed by atoms with E-state index in [2.05, 4.69) is 4.52 Å². The second-order valence-electron chi connectivity index (χ2n) is 3.24. The maximum absolute atomic E-state index is 10.8. The summed E-state index contributed by atoms with van der Waals surface area (Å²) in [6.45, 7) is 1.04. The maximum atomic E-state index is 10.8. The van der Waals surface area contributed by atoms with Crippen LogP contribution in [0, 0.1) is 0 Å². The minimum absolute atomic E-state index is 0.0557. The van der Waals surface area contributed by atoms with Crippen LogP contribution in [-0.4, -0.2) is 48.9 Å². The van der Waals surface area contributed by atoms with Gasteiger partial charge in [-0.2, -0.15) is 0 Å². The summed E-state index contributed by atoms with van der Waals surface area (Å²) in [6.07, 6.45) is -1.32. The molecular formula is C7H15O6P. The Labute approximate surface area is 82.3 Å². The molecule has 14 heavy (non-hydrogen) atoms. The third kappa shape index (κ3) is 3.65. The van der Waals surface area contributed by atoms with Crippen LogP contribution in [0.2, 0.25) is 0 Å². The highest BCUT2D eigenvalue weighted by molar-refractivity contribution is 7.51. The van der Waals surface area contributed by atoms with Gasteiger partial charge in [0.05, 0.1) is 12.7 Å². The van der Waals surface area contributed by atoms with Gasteiger partial charge in [-0.3, -0.25) is 4.57 Å². The average Bonchev–Trinajstić information content (AvgIpc) is 2.41. The van der Waals surface area contributed by atoms with Crippen molar-refractivity contribution in [3.63, 3.8) is 0 Å². The Morgan fingerprint density at radius 1 is 1.64 bits per heavy atom. The first kappa shape index (κ1) is 12.1. The first-order valence-electron chi connectivity index (χ1n) is 4.23. The van der Waals surface area contributed by atoms with Crippen molar-refractivity contribution in [2.45, 2.75) is 24.9 Å². The van der Waals surface area contributed by atoms with E-state index in [1.807, 2.05) is 0 Å². The van der Waals surface area contributed by atoms with Gasteiger partial charge in [-0.15, -0.1) is 0 Å². The minimum Gasteiger partial charge on any atom is -0.378 e. The number of ether oxygens (including phenoxy) is 2. The Kier molecular flexibility index (Phi) is 4.06. The van der Waals surface area contributed by atoms with Crippen LogP contribution in [0.25, 0.3) is 0 Å². The van der Waals surface area contributed by atoms with Gasteiger partial charge in [0.15, 0.2) is 6.29 Å². The summed E-state index contributed by atoms with van der Waals surface area (Å²) in [5.41, 5.74) is 0. The third-order valence-electron chi connectivity index (χ3n) is 1.96. The van der Waals surface area contributed by atoms with Crippen LogP contribution in [0.15, 0.2) is 0 Å². The Bertz CT molecular complexity index is 226. The van der Waals surface area contributed by atoms with Crippen molar-refractivity contribution in [2.24, 2.45) is 0 Å². The lowest BCUT2D eigenvalue weighted by Gasteiger charge is -2.17. The van der Waals surface area contributed by atoms with Crippen LogP contribution in [0.5, 0.6) is 0 Å². The summed E-state index contributed by atoms with van der Waals surface area (Å²) in [6, 6.07) is 0. The molecule has 2 N–H and O–H groups in total. The van der Waals surface area contributed by atoms with Crippen molar-refractivity contribution in [3.05, 3.63) is 0 Å². The van der Waals surface area contributed by atoms with E-state index in [0.717, 1.165) is 6.66 Å². The highest BCUT2D eigenvalue weighted by Crippen LogP contribution is 2.37. The molecule has 0 aliphatic carbocycles. The molecule has 1 heterocycles. The van der Waals surface area contributed by atoms with Crippen molar-refractivity contribution in [1.29, 1.82) is 0 Å². The van der Waals surface area contributed by atoms with Gasteiger partial charge in [0.25, 0.3) is 0 Å². The topological polar surface area (TPSA) is 85.2 Å². The van der Waals surface area contributed by atoms with Crippen molar-refractivity contribution in [1.82, 2.24) is 0 Å². The molecule has 6 nitrogen and oxygen atoms in total. The summed E-state index contributed by atoms with van der Waals surface area (Å²) in [7, 11) is -2.00. The number of aliphatic hydroxyl groups excluding tert-OH is 1. The summed E-state index contributed by atoms with van der Waals surface area (Å²) in [5.74, 6) is 0. The first-order chi connectivity index (χ1) is 6.42. The summed E-state index contributed by atoms with van der Waals surface area (Å²) in [4.78, 5) is 8.88. The highest BCUT2D eigenvalue weighted by Gasteiger charge is 2.35.